The second kappa shape index (κ2) is 2.47. The smallest absolute Gasteiger partial charge is 0.232 e. The largest absolute Gasteiger partial charge is 0.325 e. The highest BCUT2D eigenvalue weighted by molar-refractivity contribution is 5.99. The van der Waals surface area contributed by atoms with E-state index in [-0.39, 0.29) is 11.8 Å². The SMILES string of the molecule is C=C1CC2c3ccccc3NC(=O)C12. The standard InChI is InChI=1S/C12H11NO/c1-7-6-9-8-4-2-3-5-10(8)13-12(14)11(7)9/h2-5,9,11H,1,6H2,(H,13,14). The third kappa shape index (κ3) is 0.830. The first-order chi connectivity index (χ1) is 6.77. The van der Waals surface area contributed by atoms with Crippen molar-refractivity contribution in [1.29, 1.82) is 0 Å². The lowest BCUT2D eigenvalue weighted by atomic mass is 9.64. The summed E-state index contributed by atoms with van der Waals surface area (Å²) in [6.45, 7) is 3.91. The van der Waals surface area contributed by atoms with Crippen molar-refractivity contribution in [3.8, 4) is 0 Å². The molecule has 70 valence electrons. The number of rotatable bonds is 0. The summed E-state index contributed by atoms with van der Waals surface area (Å²) in [6, 6.07) is 8.03. The van der Waals surface area contributed by atoms with E-state index in [9.17, 15) is 4.79 Å². The average molecular weight is 185 g/mol. The molecular formula is C12H11NO. The van der Waals surface area contributed by atoms with E-state index < -0.39 is 0 Å². The van der Waals surface area contributed by atoms with Crippen molar-refractivity contribution >= 4 is 11.6 Å². The van der Waals surface area contributed by atoms with E-state index >= 15 is 0 Å². The van der Waals surface area contributed by atoms with E-state index in [1.54, 1.807) is 0 Å². The minimum Gasteiger partial charge on any atom is -0.325 e. The maximum Gasteiger partial charge on any atom is 0.232 e. The Hall–Kier alpha value is -1.57. The molecule has 2 aliphatic rings. The molecule has 0 aromatic heterocycles. The van der Waals surface area contributed by atoms with E-state index in [0.717, 1.165) is 17.7 Å². The molecule has 1 aliphatic carbocycles. The fourth-order valence-corrected chi connectivity index (χ4v) is 2.45. The molecule has 0 radical (unpaired) electrons. The third-order valence-corrected chi connectivity index (χ3v) is 3.22. The third-order valence-electron chi connectivity index (χ3n) is 3.22. The molecule has 2 heteroatoms. The molecule has 1 heterocycles. The second-order valence-electron chi connectivity index (χ2n) is 4.02. The summed E-state index contributed by atoms with van der Waals surface area (Å²) >= 11 is 0. The van der Waals surface area contributed by atoms with E-state index in [1.165, 1.54) is 5.56 Å². The summed E-state index contributed by atoms with van der Waals surface area (Å²) < 4.78 is 0. The van der Waals surface area contributed by atoms with Crippen molar-refractivity contribution in [2.75, 3.05) is 5.32 Å². The molecule has 1 saturated carbocycles. The highest BCUT2D eigenvalue weighted by Gasteiger charge is 2.44. The number of carbonyl (C=O) groups is 1. The average Bonchev–Trinajstić information content (AvgIpc) is 2.14. The van der Waals surface area contributed by atoms with Crippen molar-refractivity contribution in [3.63, 3.8) is 0 Å². The maximum absolute atomic E-state index is 11.7. The number of hydrogen-bond acceptors (Lipinski definition) is 1. The monoisotopic (exact) mass is 185 g/mol. The molecule has 0 bridgehead atoms. The van der Waals surface area contributed by atoms with Gasteiger partial charge in [-0.2, -0.15) is 0 Å². The van der Waals surface area contributed by atoms with Crippen molar-refractivity contribution in [3.05, 3.63) is 42.0 Å². The Morgan fingerprint density at radius 2 is 2.14 bits per heavy atom. The van der Waals surface area contributed by atoms with Crippen molar-refractivity contribution in [2.24, 2.45) is 5.92 Å². The van der Waals surface area contributed by atoms with Gasteiger partial charge in [-0.1, -0.05) is 30.4 Å². The Labute approximate surface area is 82.6 Å². The molecule has 1 amide bonds. The lowest BCUT2D eigenvalue weighted by Crippen LogP contribution is -2.41. The molecule has 14 heavy (non-hydrogen) atoms. The number of hydrogen-bond donors (Lipinski definition) is 1. The van der Waals surface area contributed by atoms with Gasteiger partial charge >= 0.3 is 0 Å². The van der Waals surface area contributed by atoms with Crippen LogP contribution in [-0.2, 0) is 4.79 Å². The van der Waals surface area contributed by atoms with Gasteiger partial charge in [-0.15, -0.1) is 0 Å². The normalized spacial score (nSPS) is 28.6. The fourth-order valence-electron chi connectivity index (χ4n) is 2.45. The molecule has 0 saturated heterocycles. The van der Waals surface area contributed by atoms with Crippen LogP contribution in [0, 0.1) is 5.92 Å². The van der Waals surface area contributed by atoms with Crippen LogP contribution in [0.4, 0.5) is 5.69 Å². The van der Waals surface area contributed by atoms with Gasteiger partial charge in [-0.05, 0) is 18.1 Å². The van der Waals surface area contributed by atoms with Gasteiger partial charge < -0.3 is 5.32 Å². The van der Waals surface area contributed by atoms with Gasteiger partial charge in [-0.3, -0.25) is 4.79 Å². The van der Waals surface area contributed by atoms with Gasteiger partial charge in [0.15, 0.2) is 0 Å². The topological polar surface area (TPSA) is 29.1 Å². The Balaban J connectivity index is 2.11. The Kier molecular flexibility index (Phi) is 1.38. The van der Waals surface area contributed by atoms with Crippen LogP contribution < -0.4 is 5.32 Å². The Bertz CT molecular complexity index is 436. The zero-order valence-electron chi connectivity index (χ0n) is 7.79. The first-order valence-electron chi connectivity index (χ1n) is 4.85. The Morgan fingerprint density at radius 3 is 2.93 bits per heavy atom. The van der Waals surface area contributed by atoms with E-state index in [4.69, 9.17) is 0 Å². The fraction of sp³-hybridized carbons (Fsp3) is 0.250. The molecule has 2 unspecified atom stereocenters. The van der Waals surface area contributed by atoms with Crippen LogP contribution in [0.3, 0.4) is 0 Å². The van der Waals surface area contributed by atoms with Gasteiger partial charge in [0.05, 0.1) is 5.92 Å². The highest BCUT2D eigenvalue weighted by Crippen LogP contribution is 2.51. The number of fused-ring (bicyclic) bond motifs is 3. The lowest BCUT2D eigenvalue weighted by molar-refractivity contribution is -0.121. The molecular weight excluding hydrogens is 174 g/mol. The molecule has 2 atom stereocenters. The van der Waals surface area contributed by atoms with Crippen LogP contribution in [0.1, 0.15) is 17.9 Å². The first kappa shape index (κ1) is 7.80. The summed E-state index contributed by atoms with van der Waals surface area (Å²) in [4.78, 5) is 11.7. The van der Waals surface area contributed by atoms with Gasteiger partial charge in [-0.25, -0.2) is 0 Å². The highest BCUT2D eigenvalue weighted by atomic mass is 16.2. The number of amides is 1. The van der Waals surface area contributed by atoms with Gasteiger partial charge in [0, 0.05) is 11.6 Å². The molecule has 1 aromatic rings. The lowest BCUT2D eigenvalue weighted by Gasteiger charge is -2.42. The van der Waals surface area contributed by atoms with Crippen molar-refractivity contribution < 1.29 is 4.79 Å². The summed E-state index contributed by atoms with van der Waals surface area (Å²) in [5.74, 6) is 0.530. The summed E-state index contributed by atoms with van der Waals surface area (Å²) in [6.07, 6.45) is 0.967. The minimum absolute atomic E-state index is 0.0323. The number of carbonyl (C=O) groups excluding carboxylic acids is 1. The van der Waals surface area contributed by atoms with Crippen LogP contribution in [-0.4, -0.2) is 5.91 Å². The molecule has 1 fully saturated rings. The van der Waals surface area contributed by atoms with Crippen molar-refractivity contribution in [1.82, 2.24) is 0 Å². The number of anilines is 1. The summed E-state index contributed by atoms with van der Waals surface area (Å²) in [7, 11) is 0. The molecule has 1 N–H and O–H groups in total. The molecule has 0 spiro atoms. The minimum atomic E-state index is 0.0323. The van der Waals surface area contributed by atoms with Gasteiger partial charge in [0.2, 0.25) is 5.91 Å². The van der Waals surface area contributed by atoms with Crippen LogP contribution in [0.25, 0.3) is 0 Å². The van der Waals surface area contributed by atoms with Crippen LogP contribution in [0.15, 0.2) is 36.4 Å². The molecule has 1 aromatic carbocycles. The number of para-hydroxylation sites is 1. The van der Waals surface area contributed by atoms with E-state index in [2.05, 4.69) is 18.0 Å². The van der Waals surface area contributed by atoms with Crippen LogP contribution in [0.5, 0.6) is 0 Å². The zero-order valence-corrected chi connectivity index (χ0v) is 7.79. The van der Waals surface area contributed by atoms with E-state index in [0.29, 0.717) is 5.92 Å². The first-order valence-corrected chi connectivity index (χ1v) is 4.85. The quantitative estimate of drug-likeness (QED) is 0.617. The summed E-state index contributed by atoms with van der Waals surface area (Å²) in [5, 5.41) is 2.92. The second-order valence-corrected chi connectivity index (χ2v) is 4.02. The zero-order chi connectivity index (χ0) is 9.71. The molecule has 3 rings (SSSR count). The number of benzene rings is 1. The maximum atomic E-state index is 11.7. The predicted octanol–water partition coefficient (Wildman–Crippen LogP) is 2.30. The van der Waals surface area contributed by atoms with Crippen molar-refractivity contribution in [2.45, 2.75) is 12.3 Å². The molecule has 2 nitrogen and oxygen atoms in total. The van der Waals surface area contributed by atoms with Crippen LogP contribution >= 0.6 is 0 Å². The van der Waals surface area contributed by atoms with Gasteiger partial charge in [0.25, 0.3) is 0 Å². The Morgan fingerprint density at radius 1 is 1.36 bits per heavy atom. The van der Waals surface area contributed by atoms with E-state index in [1.807, 2.05) is 18.2 Å². The molecule has 1 aliphatic heterocycles. The van der Waals surface area contributed by atoms with Crippen LogP contribution in [0.2, 0.25) is 0 Å². The number of nitrogens with one attached hydrogen (secondary N) is 1. The predicted molar refractivity (Wildman–Crippen MR) is 55.1 cm³/mol. The summed E-state index contributed by atoms with van der Waals surface area (Å²) in [5.41, 5.74) is 3.32. The van der Waals surface area contributed by atoms with Gasteiger partial charge in [0.1, 0.15) is 0 Å².